The van der Waals surface area contributed by atoms with Crippen LogP contribution in [0.4, 0.5) is 0 Å². The molecule has 2 atom stereocenters. The van der Waals surface area contributed by atoms with E-state index in [-0.39, 0.29) is 11.5 Å². The molecule has 2 unspecified atom stereocenters. The zero-order valence-electron chi connectivity index (χ0n) is 7.29. The molecule has 1 nitrogen and oxygen atoms in total. The van der Waals surface area contributed by atoms with Crippen molar-refractivity contribution in [2.24, 2.45) is 0 Å². The summed E-state index contributed by atoms with van der Waals surface area (Å²) in [6.07, 6.45) is 2.97. The second-order valence-electron chi connectivity index (χ2n) is 3.93. The third kappa shape index (κ3) is 1.29. The predicted octanol–water partition coefficient (Wildman–Crippen LogP) is 2.55. The fourth-order valence-electron chi connectivity index (χ4n) is 2.06. The van der Waals surface area contributed by atoms with Crippen molar-refractivity contribution < 1.29 is 5.11 Å². The number of rotatable bonds is 1. The second-order valence-corrected chi connectivity index (χ2v) is 4.88. The summed E-state index contributed by atoms with van der Waals surface area (Å²) in [5, 5.41) is 11.6. The molecule has 0 aliphatic heterocycles. The van der Waals surface area contributed by atoms with Crippen LogP contribution in [-0.2, 0) is 5.41 Å². The first kappa shape index (κ1) is 8.27. The minimum Gasteiger partial charge on any atom is -0.393 e. The summed E-state index contributed by atoms with van der Waals surface area (Å²) in [5.74, 6) is 0. The molecular weight excluding hydrogens is 168 g/mol. The molecule has 0 radical (unpaired) electrons. The fourth-order valence-corrected chi connectivity index (χ4v) is 2.99. The van der Waals surface area contributed by atoms with Gasteiger partial charge in [0, 0.05) is 10.3 Å². The van der Waals surface area contributed by atoms with Crippen LogP contribution in [0.3, 0.4) is 0 Å². The van der Waals surface area contributed by atoms with Crippen molar-refractivity contribution in [3.05, 3.63) is 22.4 Å². The molecule has 1 aliphatic rings. The van der Waals surface area contributed by atoms with Crippen molar-refractivity contribution in [1.82, 2.24) is 0 Å². The van der Waals surface area contributed by atoms with Gasteiger partial charge >= 0.3 is 0 Å². The third-order valence-electron chi connectivity index (χ3n) is 2.83. The van der Waals surface area contributed by atoms with Crippen molar-refractivity contribution in [3.63, 3.8) is 0 Å². The van der Waals surface area contributed by atoms with Gasteiger partial charge in [-0.15, -0.1) is 11.3 Å². The van der Waals surface area contributed by atoms with Gasteiger partial charge in [0.1, 0.15) is 0 Å². The summed E-state index contributed by atoms with van der Waals surface area (Å²) < 4.78 is 0. The molecule has 1 saturated carbocycles. The van der Waals surface area contributed by atoms with Gasteiger partial charge in [-0.2, -0.15) is 0 Å². The van der Waals surface area contributed by atoms with E-state index in [1.165, 1.54) is 4.88 Å². The molecule has 66 valence electrons. The van der Waals surface area contributed by atoms with Gasteiger partial charge < -0.3 is 5.11 Å². The van der Waals surface area contributed by atoms with Crippen LogP contribution in [-0.4, -0.2) is 11.2 Å². The van der Waals surface area contributed by atoms with E-state index in [1.54, 1.807) is 0 Å². The van der Waals surface area contributed by atoms with Crippen LogP contribution < -0.4 is 0 Å². The molecule has 2 rings (SSSR count). The first-order chi connectivity index (χ1) is 5.71. The van der Waals surface area contributed by atoms with Crippen molar-refractivity contribution in [3.8, 4) is 0 Å². The van der Waals surface area contributed by atoms with E-state index >= 15 is 0 Å². The first-order valence-electron chi connectivity index (χ1n) is 4.43. The summed E-state index contributed by atoms with van der Waals surface area (Å²) >= 11 is 1.81. The highest BCUT2D eigenvalue weighted by molar-refractivity contribution is 7.10. The zero-order valence-corrected chi connectivity index (χ0v) is 8.10. The zero-order chi connectivity index (χ0) is 8.60. The SMILES string of the molecule is CC1(c2cccs2)CCC(O)C1. The number of aliphatic hydroxyl groups is 1. The maximum absolute atomic E-state index is 9.47. The molecule has 1 N–H and O–H groups in total. The predicted molar refractivity (Wildman–Crippen MR) is 51.5 cm³/mol. The fraction of sp³-hybridized carbons (Fsp3) is 0.600. The number of hydrogen-bond donors (Lipinski definition) is 1. The summed E-state index contributed by atoms with van der Waals surface area (Å²) in [7, 11) is 0. The lowest BCUT2D eigenvalue weighted by atomic mass is 9.87. The normalized spacial score (nSPS) is 35.7. The summed E-state index contributed by atoms with van der Waals surface area (Å²) in [6, 6.07) is 4.28. The molecule has 0 amide bonds. The topological polar surface area (TPSA) is 20.2 Å². The van der Waals surface area contributed by atoms with Crippen LogP contribution in [0.25, 0.3) is 0 Å². The summed E-state index contributed by atoms with van der Waals surface area (Å²) in [5.41, 5.74) is 0.258. The quantitative estimate of drug-likeness (QED) is 0.707. The standard InChI is InChI=1S/C10H14OS/c1-10(5-4-8(11)7-10)9-3-2-6-12-9/h2-3,6,8,11H,4-5,7H2,1H3. The van der Waals surface area contributed by atoms with Gasteiger partial charge in [0.25, 0.3) is 0 Å². The van der Waals surface area contributed by atoms with Gasteiger partial charge in [-0.1, -0.05) is 13.0 Å². The molecule has 0 saturated heterocycles. The largest absolute Gasteiger partial charge is 0.393 e. The Morgan fingerprint density at radius 1 is 1.67 bits per heavy atom. The van der Waals surface area contributed by atoms with E-state index in [2.05, 4.69) is 24.4 Å². The Labute approximate surface area is 77.0 Å². The van der Waals surface area contributed by atoms with Crippen molar-refractivity contribution in [1.29, 1.82) is 0 Å². The highest BCUT2D eigenvalue weighted by Gasteiger charge is 2.36. The number of thiophene rings is 1. The number of aliphatic hydroxyl groups excluding tert-OH is 1. The first-order valence-corrected chi connectivity index (χ1v) is 5.31. The Balaban J connectivity index is 2.23. The summed E-state index contributed by atoms with van der Waals surface area (Å²) in [6.45, 7) is 2.26. The maximum Gasteiger partial charge on any atom is 0.0549 e. The highest BCUT2D eigenvalue weighted by Crippen LogP contribution is 2.42. The van der Waals surface area contributed by atoms with Gasteiger partial charge in [-0.3, -0.25) is 0 Å². The van der Waals surface area contributed by atoms with E-state index in [0.717, 1.165) is 19.3 Å². The molecule has 1 heterocycles. The molecule has 1 fully saturated rings. The molecule has 2 heteroatoms. The van der Waals surface area contributed by atoms with E-state index in [1.807, 2.05) is 11.3 Å². The average Bonchev–Trinajstić information content (AvgIpc) is 2.59. The lowest BCUT2D eigenvalue weighted by molar-refractivity contribution is 0.175. The minimum absolute atomic E-state index is 0.0721. The van der Waals surface area contributed by atoms with Crippen LogP contribution in [0.1, 0.15) is 31.1 Å². The average molecular weight is 182 g/mol. The minimum atomic E-state index is -0.0721. The molecule has 0 bridgehead atoms. The molecule has 1 aliphatic carbocycles. The Morgan fingerprint density at radius 3 is 3.00 bits per heavy atom. The lowest BCUT2D eigenvalue weighted by Gasteiger charge is -2.21. The van der Waals surface area contributed by atoms with Crippen molar-refractivity contribution >= 4 is 11.3 Å². The van der Waals surface area contributed by atoms with Gasteiger partial charge in [0.2, 0.25) is 0 Å². The van der Waals surface area contributed by atoms with Crippen LogP contribution in [0, 0.1) is 0 Å². The third-order valence-corrected chi connectivity index (χ3v) is 4.01. The Kier molecular flexibility index (Phi) is 1.97. The molecule has 12 heavy (non-hydrogen) atoms. The smallest absolute Gasteiger partial charge is 0.0549 e. The second kappa shape index (κ2) is 2.86. The van der Waals surface area contributed by atoms with E-state index in [4.69, 9.17) is 0 Å². The van der Waals surface area contributed by atoms with Crippen LogP contribution in [0.5, 0.6) is 0 Å². The van der Waals surface area contributed by atoms with Gasteiger partial charge in [-0.25, -0.2) is 0 Å². The Bertz CT molecular complexity index is 255. The van der Waals surface area contributed by atoms with Gasteiger partial charge in [0.15, 0.2) is 0 Å². The van der Waals surface area contributed by atoms with Crippen molar-refractivity contribution in [2.75, 3.05) is 0 Å². The van der Waals surface area contributed by atoms with Crippen LogP contribution >= 0.6 is 11.3 Å². The molecule has 0 aromatic carbocycles. The Morgan fingerprint density at radius 2 is 2.50 bits per heavy atom. The van der Waals surface area contributed by atoms with Gasteiger partial charge in [0.05, 0.1) is 6.10 Å². The van der Waals surface area contributed by atoms with Gasteiger partial charge in [-0.05, 0) is 30.7 Å². The number of hydrogen-bond acceptors (Lipinski definition) is 2. The molecule has 0 spiro atoms. The maximum atomic E-state index is 9.47. The van der Waals surface area contributed by atoms with E-state index in [0.29, 0.717) is 0 Å². The molecule has 1 aromatic heterocycles. The monoisotopic (exact) mass is 182 g/mol. The molecule has 1 aromatic rings. The van der Waals surface area contributed by atoms with Crippen LogP contribution in [0.15, 0.2) is 17.5 Å². The van der Waals surface area contributed by atoms with E-state index < -0.39 is 0 Å². The van der Waals surface area contributed by atoms with E-state index in [9.17, 15) is 5.11 Å². The van der Waals surface area contributed by atoms with Crippen LogP contribution in [0.2, 0.25) is 0 Å². The Hall–Kier alpha value is -0.340. The lowest BCUT2D eigenvalue weighted by Crippen LogP contribution is -2.16. The molecular formula is C10H14OS. The summed E-state index contributed by atoms with van der Waals surface area (Å²) in [4.78, 5) is 1.43. The highest BCUT2D eigenvalue weighted by atomic mass is 32.1. The van der Waals surface area contributed by atoms with Crippen molar-refractivity contribution in [2.45, 2.75) is 37.7 Å².